The van der Waals surface area contributed by atoms with Crippen molar-refractivity contribution in [1.82, 2.24) is 10.3 Å². The number of thiophene rings is 1. The van der Waals surface area contributed by atoms with Gasteiger partial charge in [-0.1, -0.05) is 6.92 Å². The van der Waals surface area contributed by atoms with Gasteiger partial charge in [-0.15, -0.1) is 0 Å². The Labute approximate surface area is 116 Å². The molecule has 4 nitrogen and oxygen atoms in total. The Morgan fingerprint density at radius 3 is 3.05 bits per heavy atom. The summed E-state index contributed by atoms with van der Waals surface area (Å²) in [5, 5.41) is 10.2. The highest BCUT2D eigenvalue weighted by Gasteiger charge is 2.10. The van der Waals surface area contributed by atoms with Gasteiger partial charge in [0.2, 0.25) is 0 Å². The quantitative estimate of drug-likeness (QED) is 0.852. The van der Waals surface area contributed by atoms with Crippen molar-refractivity contribution in [3.05, 3.63) is 46.4 Å². The first-order chi connectivity index (χ1) is 9.31. The van der Waals surface area contributed by atoms with Crippen LogP contribution in [0.2, 0.25) is 0 Å². The number of hydrogen-bond donors (Lipinski definition) is 2. The van der Waals surface area contributed by atoms with Gasteiger partial charge in [-0.25, -0.2) is 0 Å². The molecule has 2 aromatic rings. The van der Waals surface area contributed by atoms with Gasteiger partial charge in [0.1, 0.15) is 0 Å². The van der Waals surface area contributed by atoms with Crippen molar-refractivity contribution in [3.8, 4) is 0 Å². The van der Waals surface area contributed by atoms with Crippen LogP contribution in [-0.2, 0) is 6.54 Å². The summed E-state index contributed by atoms with van der Waals surface area (Å²) in [5.74, 6) is -0.0992. The van der Waals surface area contributed by atoms with Crippen molar-refractivity contribution in [3.63, 3.8) is 0 Å². The summed E-state index contributed by atoms with van der Waals surface area (Å²) < 4.78 is 0. The SMILES string of the molecule is CCCNc1ccncc1C(=O)NCc1ccsc1. The lowest BCUT2D eigenvalue weighted by molar-refractivity contribution is 0.0951. The molecule has 100 valence electrons. The van der Waals surface area contributed by atoms with Gasteiger partial charge in [-0.2, -0.15) is 11.3 Å². The molecule has 0 saturated heterocycles. The molecule has 0 radical (unpaired) electrons. The Kier molecular flexibility index (Phi) is 4.92. The number of aromatic nitrogens is 1. The predicted molar refractivity (Wildman–Crippen MR) is 78.5 cm³/mol. The second-order valence-corrected chi connectivity index (χ2v) is 4.94. The smallest absolute Gasteiger partial charge is 0.255 e. The molecule has 0 aromatic carbocycles. The highest BCUT2D eigenvalue weighted by atomic mass is 32.1. The molecular weight excluding hydrogens is 258 g/mol. The normalized spacial score (nSPS) is 10.2. The second-order valence-electron chi connectivity index (χ2n) is 4.16. The van der Waals surface area contributed by atoms with Gasteiger partial charge in [0.05, 0.1) is 11.3 Å². The minimum absolute atomic E-state index is 0.0992. The van der Waals surface area contributed by atoms with Gasteiger partial charge in [0.15, 0.2) is 0 Å². The first-order valence-corrected chi connectivity index (χ1v) is 7.22. The fraction of sp³-hybridized carbons (Fsp3) is 0.286. The van der Waals surface area contributed by atoms with E-state index in [0.717, 1.165) is 24.2 Å². The molecule has 0 fully saturated rings. The van der Waals surface area contributed by atoms with Crippen LogP contribution >= 0.6 is 11.3 Å². The maximum atomic E-state index is 12.1. The van der Waals surface area contributed by atoms with Gasteiger partial charge < -0.3 is 10.6 Å². The van der Waals surface area contributed by atoms with Crippen LogP contribution in [0.1, 0.15) is 29.3 Å². The van der Waals surface area contributed by atoms with E-state index in [4.69, 9.17) is 0 Å². The van der Waals surface area contributed by atoms with E-state index in [1.54, 1.807) is 23.7 Å². The van der Waals surface area contributed by atoms with Crippen molar-refractivity contribution in [2.75, 3.05) is 11.9 Å². The van der Waals surface area contributed by atoms with Gasteiger partial charge in [-0.05, 0) is 34.9 Å². The molecule has 5 heteroatoms. The standard InChI is InChI=1S/C14H17N3OS/c1-2-5-16-13-3-6-15-9-12(13)14(18)17-8-11-4-7-19-10-11/h3-4,6-7,9-10H,2,5,8H2,1H3,(H,15,16)(H,17,18). The number of anilines is 1. The third-order valence-corrected chi connectivity index (χ3v) is 3.40. The summed E-state index contributed by atoms with van der Waals surface area (Å²) in [7, 11) is 0. The third-order valence-electron chi connectivity index (χ3n) is 2.66. The van der Waals surface area contributed by atoms with Crippen molar-refractivity contribution in [2.45, 2.75) is 19.9 Å². The first kappa shape index (κ1) is 13.5. The number of carbonyl (C=O) groups is 1. The van der Waals surface area contributed by atoms with Crippen molar-refractivity contribution in [2.24, 2.45) is 0 Å². The molecule has 19 heavy (non-hydrogen) atoms. The summed E-state index contributed by atoms with van der Waals surface area (Å²) in [6.45, 7) is 3.48. The van der Waals surface area contributed by atoms with Crippen molar-refractivity contribution in [1.29, 1.82) is 0 Å². The number of pyridine rings is 1. The fourth-order valence-electron chi connectivity index (χ4n) is 1.66. The van der Waals surface area contributed by atoms with Crippen molar-refractivity contribution < 1.29 is 4.79 Å². The Hall–Kier alpha value is -1.88. The van der Waals surface area contributed by atoms with Gasteiger partial charge >= 0.3 is 0 Å². The molecule has 2 N–H and O–H groups in total. The Balaban J connectivity index is 2.01. The van der Waals surface area contributed by atoms with Crippen molar-refractivity contribution >= 4 is 22.9 Å². The van der Waals surface area contributed by atoms with Crippen LogP contribution in [0, 0.1) is 0 Å². The molecular formula is C14H17N3OS. The number of hydrogen-bond acceptors (Lipinski definition) is 4. The highest BCUT2D eigenvalue weighted by molar-refractivity contribution is 7.07. The second kappa shape index (κ2) is 6.89. The topological polar surface area (TPSA) is 54.0 Å². The minimum atomic E-state index is -0.0992. The van der Waals surface area contributed by atoms with Crippen LogP contribution in [0.25, 0.3) is 0 Å². The van der Waals surface area contributed by atoms with Crippen LogP contribution in [0.15, 0.2) is 35.3 Å². The summed E-state index contributed by atoms with van der Waals surface area (Å²) in [6.07, 6.45) is 4.30. The van der Waals surface area contributed by atoms with Crippen LogP contribution in [-0.4, -0.2) is 17.4 Å². The largest absolute Gasteiger partial charge is 0.384 e. The molecule has 0 aliphatic rings. The average Bonchev–Trinajstić information content (AvgIpc) is 2.96. The molecule has 1 amide bonds. The van der Waals surface area contributed by atoms with Gasteiger partial charge in [-0.3, -0.25) is 9.78 Å². The van der Waals surface area contributed by atoms with E-state index in [9.17, 15) is 4.79 Å². The predicted octanol–water partition coefficient (Wildman–Crippen LogP) is 2.90. The molecule has 0 aliphatic carbocycles. The van der Waals surface area contributed by atoms with E-state index < -0.39 is 0 Å². The van der Waals surface area contributed by atoms with Crippen LogP contribution in [0.3, 0.4) is 0 Å². The van der Waals surface area contributed by atoms with E-state index in [-0.39, 0.29) is 5.91 Å². The lowest BCUT2D eigenvalue weighted by atomic mass is 10.2. The number of carbonyl (C=O) groups excluding carboxylic acids is 1. The lowest BCUT2D eigenvalue weighted by Gasteiger charge is -2.10. The summed E-state index contributed by atoms with van der Waals surface area (Å²) >= 11 is 1.63. The summed E-state index contributed by atoms with van der Waals surface area (Å²) in [6, 6.07) is 3.83. The molecule has 0 aliphatic heterocycles. The first-order valence-electron chi connectivity index (χ1n) is 6.28. The van der Waals surface area contributed by atoms with Crippen LogP contribution in [0.5, 0.6) is 0 Å². The molecule has 0 bridgehead atoms. The number of amides is 1. The molecule has 2 aromatic heterocycles. The summed E-state index contributed by atoms with van der Waals surface area (Å²) in [5.41, 5.74) is 2.54. The average molecular weight is 275 g/mol. The maximum Gasteiger partial charge on any atom is 0.255 e. The fourth-order valence-corrected chi connectivity index (χ4v) is 2.33. The maximum absolute atomic E-state index is 12.1. The molecule has 0 spiro atoms. The third kappa shape index (κ3) is 3.79. The Bertz CT molecular complexity index is 525. The van der Waals surface area contributed by atoms with E-state index in [1.165, 1.54) is 0 Å². The van der Waals surface area contributed by atoms with E-state index in [0.29, 0.717) is 12.1 Å². The van der Waals surface area contributed by atoms with Gasteiger partial charge in [0.25, 0.3) is 5.91 Å². The monoisotopic (exact) mass is 275 g/mol. The molecule has 2 rings (SSSR count). The number of nitrogens with one attached hydrogen (secondary N) is 2. The Morgan fingerprint density at radius 1 is 1.42 bits per heavy atom. The van der Waals surface area contributed by atoms with Crippen LogP contribution in [0.4, 0.5) is 5.69 Å². The molecule has 2 heterocycles. The highest BCUT2D eigenvalue weighted by Crippen LogP contribution is 2.14. The molecule has 0 saturated carbocycles. The zero-order chi connectivity index (χ0) is 13.5. The zero-order valence-corrected chi connectivity index (χ0v) is 11.7. The number of rotatable bonds is 6. The molecule has 0 unspecified atom stereocenters. The van der Waals surface area contributed by atoms with Crippen LogP contribution < -0.4 is 10.6 Å². The van der Waals surface area contributed by atoms with E-state index in [2.05, 4.69) is 22.5 Å². The van der Waals surface area contributed by atoms with E-state index >= 15 is 0 Å². The molecule has 0 atom stereocenters. The summed E-state index contributed by atoms with van der Waals surface area (Å²) in [4.78, 5) is 16.2. The Morgan fingerprint density at radius 2 is 2.32 bits per heavy atom. The minimum Gasteiger partial charge on any atom is -0.384 e. The van der Waals surface area contributed by atoms with E-state index in [1.807, 2.05) is 22.9 Å². The lowest BCUT2D eigenvalue weighted by Crippen LogP contribution is -2.24. The zero-order valence-electron chi connectivity index (χ0n) is 10.8. The van der Waals surface area contributed by atoms with Gasteiger partial charge in [0, 0.05) is 25.5 Å². The number of nitrogens with zero attached hydrogens (tertiary/aromatic N) is 1.